The second-order valence-corrected chi connectivity index (χ2v) is 6.98. The molecule has 3 rings (SSSR count). The van der Waals surface area contributed by atoms with Crippen molar-refractivity contribution in [2.75, 3.05) is 17.2 Å². The van der Waals surface area contributed by atoms with E-state index in [1.165, 1.54) is 6.07 Å². The first-order valence-electron chi connectivity index (χ1n) is 8.54. The number of amides is 1. The molecule has 1 aromatic heterocycles. The summed E-state index contributed by atoms with van der Waals surface area (Å²) < 4.78 is 2.57. The number of para-hydroxylation sites is 2. The van der Waals surface area contributed by atoms with Gasteiger partial charge in [0, 0.05) is 29.6 Å². The van der Waals surface area contributed by atoms with Crippen LogP contribution in [0.1, 0.15) is 12.1 Å². The van der Waals surface area contributed by atoms with Crippen LogP contribution < -0.4 is 10.6 Å². The molecule has 2 N–H and O–H groups in total. The van der Waals surface area contributed by atoms with Crippen LogP contribution in [-0.2, 0) is 4.79 Å². The van der Waals surface area contributed by atoms with Crippen molar-refractivity contribution in [2.45, 2.75) is 13.3 Å². The first kappa shape index (κ1) is 19.6. The smallest absolute Gasteiger partial charge is 0.292 e. The average Bonchev–Trinajstić information content (AvgIpc) is 3.02. The normalized spacial score (nSPS) is 10.5. The number of anilines is 2. The van der Waals surface area contributed by atoms with Gasteiger partial charge < -0.3 is 10.6 Å². The Kier molecular flexibility index (Phi) is 6.05. The summed E-state index contributed by atoms with van der Waals surface area (Å²) in [4.78, 5) is 22.9. The van der Waals surface area contributed by atoms with E-state index < -0.39 is 4.92 Å². The fraction of sp³-hybridized carbons (Fsp3) is 0.158. The lowest BCUT2D eigenvalue weighted by atomic mass is 10.2. The van der Waals surface area contributed by atoms with Crippen LogP contribution in [0.25, 0.3) is 5.69 Å². The van der Waals surface area contributed by atoms with Crippen LogP contribution in [0.5, 0.6) is 0 Å². The van der Waals surface area contributed by atoms with E-state index in [0.717, 1.165) is 15.9 Å². The molecule has 0 aliphatic rings. The maximum absolute atomic E-state index is 12.3. The summed E-state index contributed by atoms with van der Waals surface area (Å²) in [5.74, 6) is 0.341. The lowest BCUT2D eigenvalue weighted by Crippen LogP contribution is -2.18. The summed E-state index contributed by atoms with van der Waals surface area (Å²) in [6, 6.07) is 15.7. The summed E-state index contributed by atoms with van der Waals surface area (Å²) in [7, 11) is 0. The van der Waals surface area contributed by atoms with E-state index in [9.17, 15) is 14.9 Å². The standard InChI is InChI=1S/C19H18BrN5O3/c1-13-11-18(24(23-13)15-6-4-5-14(20)12-15)22-19(26)9-10-21-16-7-2-3-8-17(16)25(27)28/h2-8,11-12,21H,9-10H2,1H3,(H,22,26). The van der Waals surface area contributed by atoms with Gasteiger partial charge in [-0.2, -0.15) is 5.10 Å². The summed E-state index contributed by atoms with van der Waals surface area (Å²) >= 11 is 3.43. The maximum atomic E-state index is 12.3. The van der Waals surface area contributed by atoms with E-state index in [1.54, 1.807) is 28.9 Å². The van der Waals surface area contributed by atoms with Gasteiger partial charge >= 0.3 is 0 Å². The van der Waals surface area contributed by atoms with Gasteiger partial charge in [0.2, 0.25) is 5.91 Å². The number of nitro groups is 1. The zero-order valence-corrected chi connectivity index (χ0v) is 16.6. The number of hydrogen-bond acceptors (Lipinski definition) is 5. The SMILES string of the molecule is Cc1cc(NC(=O)CCNc2ccccc2[N+](=O)[O-])n(-c2cccc(Br)c2)n1. The third kappa shape index (κ3) is 4.74. The lowest BCUT2D eigenvalue weighted by Gasteiger charge is -2.10. The van der Waals surface area contributed by atoms with E-state index >= 15 is 0 Å². The van der Waals surface area contributed by atoms with Crippen LogP contribution in [0.2, 0.25) is 0 Å². The summed E-state index contributed by atoms with van der Waals surface area (Å²) in [5, 5.41) is 21.2. The van der Waals surface area contributed by atoms with Gasteiger partial charge in [0.25, 0.3) is 5.69 Å². The first-order valence-corrected chi connectivity index (χ1v) is 9.33. The Morgan fingerprint density at radius 1 is 1.21 bits per heavy atom. The fourth-order valence-electron chi connectivity index (χ4n) is 2.69. The van der Waals surface area contributed by atoms with Crippen LogP contribution in [0.4, 0.5) is 17.2 Å². The molecule has 0 spiro atoms. The number of benzene rings is 2. The first-order chi connectivity index (χ1) is 13.4. The molecule has 3 aromatic rings. The molecule has 0 atom stereocenters. The Hall–Kier alpha value is -3.20. The largest absolute Gasteiger partial charge is 0.379 e. The van der Waals surface area contributed by atoms with E-state index in [-0.39, 0.29) is 24.6 Å². The number of nitro benzene ring substituents is 1. The van der Waals surface area contributed by atoms with Crippen molar-refractivity contribution in [3.63, 3.8) is 0 Å². The third-order valence-electron chi connectivity index (χ3n) is 3.92. The van der Waals surface area contributed by atoms with Crippen molar-refractivity contribution in [3.8, 4) is 5.69 Å². The van der Waals surface area contributed by atoms with Crippen LogP contribution in [-0.4, -0.2) is 27.2 Å². The minimum Gasteiger partial charge on any atom is -0.379 e. The highest BCUT2D eigenvalue weighted by atomic mass is 79.9. The van der Waals surface area contributed by atoms with Crippen LogP contribution in [0.3, 0.4) is 0 Å². The highest BCUT2D eigenvalue weighted by Gasteiger charge is 2.14. The molecular formula is C19H18BrN5O3. The van der Waals surface area contributed by atoms with Gasteiger partial charge in [-0.05, 0) is 31.2 Å². The second-order valence-electron chi connectivity index (χ2n) is 6.06. The van der Waals surface area contributed by atoms with Gasteiger partial charge in [-0.25, -0.2) is 4.68 Å². The molecule has 0 aliphatic carbocycles. The zero-order chi connectivity index (χ0) is 20.1. The Morgan fingerprint density at radius 2 is 2.00 bits per heavy atom. The summed E-state index contributed by atoms with van der Waals surface area (Å²) in [6.07, 6.45) is 0.148. The van der Waals surface area contributed by atoms with E-state index in [1.807, 2.05) is 31.2 Å². The molecule has 9 heteroatoms. The topological polar surface area (TPSA) is 102 Å². The third-order valence-corrected chi connectivity index (χ3v) is 4.41. The average molecular weight is 444 g/mol. The molecule has 1 heterocycles. The minimum absolute atomic E-state index is 0.0220. The van der Waals surface area contributed by atoms with Gasteiger partial charge in [0.1, 0.15) is 11.5 Å². The van der Waals surface area contributed by atoms with Crippen molar-refractivity contribution in [2.24, 2.45) is 0 Å². The fourth-order valence-corrected chi connectivity index (χ4v) is 3.08. The molecule has 144 valence electrons. The van der Waals surface area contributed by atoms with Gasteiger partial charge in [0.05, 0.1) is 16.3 Å². The van der Waals surface area contributed by atoms with Crippen molar-refractivity contribution >= 4 is 39.0 Å². The number of carbonyl (C=O) groups excluding carboxylic acids is 1. The number of hydrogen-bond donors (Lipinski definition) is 2. The molecule has 28 heavy (non-hydrogen) atoms. The zero-order valence-electron chi connectivity index (χ0n) is 15.1. The number of halogens is 1. The van der Waals surface area contributed by atoms with E-state index in [2.05, 4.69) is 31.7 Å². The molecule has 0 radical (unpaired) electrons. The van der Waals surface area contributed by atoms with Gasteiger partial charge in [-0.3, -0.25) is 14.9 Å². The molecule has 0 saturated carbocycles. The molecule has 1 amide bonds. The lowest BCUT2D eigenvalue weighted by molar-refractivity contribution is -0.384. The predicted molar refractivity (Wildman–Crippen MR) is 111 cm³/mol. The summed E-state index contributed by atoms with van der Waals surface area (Å²) in [5.41, 5.74) is 1.95. The van der Waals surface area contributed by atoms with Crippen molar-refractivity contribution in [3.05, 3.63) is 74.9 Å². The number of aromatic nitrogens is 2. The molecule has 2 aromatic carbocycles. The van der Waals surface area contributed by atoms with Crippen molar-refractivity contribution in [1.82, 2.24) is 9.78 Å². The van der Waals surface area contributed by atoms with Crippen molar-refractivity contribution in [1.29, 1.82) is 0 Å². The Balaban J connectivity index is 1.64. The molecule has 0 unspecified atom stereocenters. The predicted octanol–water partition coefficient (Wildman–Crippen LogP) is 4.29. The van der Waals surface area contributed by atoms with Crippen LogP contribution in [0.15, 0.2) is 59.1 Å². The van der Waals surface area contributed by atoms with E-state index in [4.69, 9.17) is 0 Å². The van der Waals surface area contributed by atoms with E-state index in [0.29, 0.717) is 11.5 Å². The molecule has 0 saturated heterocycles. The monoisotopic (exact) mass is 443 g/mol. The Morgan fingerprint density at radius 3 is 2.75 bits per heavy atom. The van der Waals surface area contributed by atoms with Gasteiger partial charge in [0.15, 0.2) is 0 Å². The summed E-state index contributed by atoms with van der Waals surface area (Å²) in [6.45, 7) is 2.11. The minimum atomic E-state index is -0.457. The Bertz CT molecular complexity index is 1020. The second kappa shape index (κ2) is 8.66. The Labute approximate surface area is 169 Å². The molecule has 0 fully saturated rings. The van der Waals surface area contributed by atoms with Crippen LogP contribution >= 0.6 is 15.9 Å². The number of nitrogens with one attached hydrogen (secondary N) is 2. The highest BCUT2D eigenvalue weighted by molar-refractivity contribution is 9.10. The van der Waals surface area contributed by atoms with Gasteiger partial charge in [-0.1, -0.05) is 34.1 Å². The molecule has 0 aliphatic heterocycles. The number of aryl methyl sites for hydroxylation is 1. The molecule has 8 nitrogen and oxygen atoms in total. The highest BCUT2D eigenvalue weighted by Crippen LogP contribution is 2.23. The number of nitrogens with zero attached hydrogens (tertiary/aromatic N) is 3. The maximum Gasteiger partial charge on any atom is 0.292 e. The number of rotatable bonds is 7. The number of carbonyl (C=O) groups is 1. The van der Waals surface area contributed by atoms with Crippen LogP contribution in [0, 0.1) is 17.0 Å². The van der Waals surface area contributed by atoms with Gasteiger partial charge in [-0.15, -0.1) is 0 Å². The van der Waals surface area contributed by atoms with Crippen molar-refractivity contribution < 1.29 is 9.72 Å². The molecular weight excluding hydrogens is 426 g/mol. The quantitative estimate of drug-likeness (QED) is 0.418. The molecule has 0 bridgehead atoms.